The van der Waals surface area contributed by atoms with Crippen LogP contribution in [0.25, 0.3) is 10.2 Å². The maximum atomic E-state index is 12.2. The normalized spacial score (nSPS) is 16.8. The highest BCUT2D eigenvalue weighted by Gasteiger charge is 2.30. The molecule has 2 heterocycles. The molecule has 4 rings (SSSR count). The molecule has 1 aliphatic rings. The van der Waals surface area contributed by atoms with Crippen LogP contribution < -0.4 is 5.32 Å². The van der Waals surface area contributed by atoms with Crippen LogP contribution in [0.5, 0.6) is 0 Å². The zero-order valence-electron chi connectivity index (χ0n) is 15.3. The monoisotopic (exact) mass is 369 g/mol. The van der Waals surface area contributed by atoms with Crippen molar-refractivity contribution < 1.29 is 4.79 Å². The van der Waals surface area contributed by atoms with E-state index in [0.717, 1.165) is 41.9 Å². The number of rotatable bonds is 4. The van der Waals surface area contributed by atoms with Gasteiger partial charge in [0.1, 0.15) is 5.01 Å². The quantitative estimate of drug-likeness (QED) is 0.767. The van der Waals surface area contributed by atoms with Crippen LogP contribution in [0.15, 0.2) is 24.3 Å². The number of aromatic nitrogens is 3. The number of amides is 1. The Kier molecular flexibility index (Phi) is 4.50. The Bertz CT molecular complexity index is 927. The summed E-state index contributed by atoms with van der Waals surface area (Å²) in [5.74, 6) is -0.101. The summed E-state index contributed by atoms with van der Waals surface area (Å²) < 4.78 is 3.10. The van der Waals surface area contributed by atoms with E-state index in [1.165, 1.54) is 10.4 Å². The first-order valence-electron chi connectivity index (χ1n) is 8.88. The van der Waals surface area contributed by atoms with E-state index in [2.05, 4.69) is 40.6 Å². The molecule has 0 radical (unpaired) electrons. The summed E-state index contributed by atoms with van der Waals surface area (Å²) in [5.41, 5.74) is 3.93. The van der Waals surface area contributed by atoms with Gasteiger partial charge in [0.15, 0.2) is 5.69 Å². The van der Waals surface area contributed by atoms with Crippen molar-refractivity contribution in [1.82, 2.24) is 25.0 Å². The number of nitrogens with one attached hydrogen (secondary N) is 1. The number of nitrogens with zero attached hydrogens (tertiary/aromatic N) is 4. The van der Waals surface area contributed by atoms with Crippen molar-refractivity contribution in [2.45, 2.75) is 31.8 Å². The third-order valence-corrected chi connectivity index (χ3v) is 6.24. The van der Waals surface area contributed by atoms with E-state index in [9.17, 15) is 4.79 Å². The lowest BCUT2D eigenvalue weighted by Crippen LogP contribution is -2.36. The summed E-state index contributed by atoms with van der Waals surface area (Å²) in [6, 6.07) is 8.66. The molecule has 2 aromatic heterocycles. The fourth-order valence-corrected chi connectivity index (χ4v) is 4.81. The molecule has 7 heteroatoms. The lowest BCUT2D eigenvalue weighted by molar-refractivity contribution is 0.0955. The second kappa shape index (κ2) is 6.81. The number of carbonyl (C=O) groups excluding carboxylic acids is 1. The minimum Gasteiger partial charge on any atom is -0.354 e. The third kappa shape index (κ3) is 3.01. The van der Waals surface area contributed by atoms with Crippen molar-refractivity contribution >= 4 is 27.5 Å². The molecule has 1 aromatic carbocycles. The molecule has 1 N–H and O–H groups in total. The zero-order valence-corrected chi connectivity index (χ0v) is 16.1. The molecule has 26 heavy (non-hydrogen) atoms. The summed E-state index contributed by atoms with van der Waals surface area (Å²) in [4.78, 5) is 19.3. The topological polar surface area (TPSA) is 63.1 Å². The van der Waals surface area contributed by atoms with Crippen LogP contribution in [0, 0.1) is 0 Å². The molecule has 6 nitrogen and oxygen atoms in total. The predicted molar refractivity (Wildman–Crippen MR) is 103 cm³/mol. The average Bonchev–Trinajstić information content (AvgIpc) is 3.21. The summed E-state index contributed by atoms with van der Waals surface area (Å²) in [5, 5.41) is 8.29. The van der Waals surface area contributed by atoms with Crippen LogP contribution in [0.1, 0.15) is 33.2 Å². The lowest BCUT2D eigenvalue weighted by Gasteiger charge is -2.31. The van der Waals surface area contributed by atoms with Crippen molar-refractivity contribution in [3.63, 3.8) is 0 Å². The van der Waals surface area contributed by atoms with E-state index >= 15 is 0 Å². The molecule has 1 unspecified atom stereocenters. The van der Waals surface area contributed by atoms with Gasteiger partial charge in [0.05, 0.1) is 16.8 Å². The number of likely N-dealkylation sites (N-methyl/N-ethyl adjacent to an activating group) is 1. The van der Waals surface area contributed by atoms with Crippen molar-refractivity contribution in [3.05, 3.63) is 46.2 Å². The molecule has 1 aliphatic carbocycles. The van der Waals surface area contributed by atoms with Gasteiger partial charge >= 0.3 is 0 Å². The van der Waals surface area contributed by atoms with Crippen LogP contribution in [0.4, 0.5) is 0 Å². The van der Waals surface area contributed by atoms with Gasteiger partial charge in [-0.15, -0.1) is 11.3 Å². The standard InChI is InChI=1S/C19H23N5OS/c1-20-19(25)18-13-10-12(8-9-15(13)24(3)22-18)23(2)11-17-21-14-6-4-5-7-16(14)26-17/h4-7,12H,8-11H2,1-3H3,(H,20,25). The molecule has 136 valence electrons. The van der Waals surface area contributed by atoms with Crippen molar-refractivity contribution in [1.29, 1.82) is 0 Å². The van der Waals surface area contributed by atoms with Gasteiger partial charge < -0.3 is 5.32 Å². The van der Waals surface area contributed by atoms with Crippen molar-refractivity contribution in [2.75, 3.05) is 14.1 Å². The molecule has 0 bridgehead atoms. The number of hydrogen-bond donors (Lipinski definition) is 1. The van der Waals surface area contributed by atoms with Gasteiger partial charge in [0, 0.05) is 31.4 Å². The highest BCUT2D eigenvalue weighted by Crippen LogP contribution is 2.28. The van der Waals surface area contributed by atoms with Crippen molar-refractivity contribution in [3.8, 4) is 0 Å². The second-order valence-corrected chi connectivity index (χ2v) is 7.98. The van der Waals surface area contributed by atoms with E-state index < -0.39 is 0 Å². The van der Waals surface area contributed by atoms with Crippen LogP contribution in [0.3, 0.4) is 0 Å². The number of benzene rings is 1. The molecule has 0 saturated heterocycles. The predicted octanol–water partition coefficient (Wildman–Crippen LogP) is 2.38. The third-order valence-electron chi connectivity index (χ3n) is 5.22. The molecule has 1 amide bonds. The van der Waals surface area contributed by atoms with Gasteiger partial charge in [-0.3, -0.25) is 14.4 Å². The van der Waals surface area contributed by atoms with Gasteiger partial charge in [-0.25, -0.2) is 4.98 Å². The number of carbonyl (C=O) groups is 1. The molecule has 0 fully saturated rings. The number of thiazole rings is 1. The molecule has 1 atom stereocenters. The van der Waals surface area contributed by atoms with Crippen LogP contribution in [-0.4, -0.2) is 45.7 Å². The largest absolute Gasteiger partial charge is 0.354 e. The Labute approximate surface area is 156 Å². The first-order valence-corrected chi connectivity index (χ1v) is 9.70. The smallest absolute Gasteiger partial charge is 0.271 e. The Morgan fingerprint density at radius 2 is 2.23 bits per heavy atom. The van der Waals surface area contributed by atoms with Gasteiger partial charge in [0.25, 0.3) is 5.91 Å². The summed E-state index contributed by atoms with van der Waals surface area (Å²) in [6.45, 7) is 0.828. The molecular formula is C19H23N5OS. The molecule has 0 aliphatic heterocycles. The minimum atomic E-state index is -0.101. The Hall–Kier alpha value is -2.25. The van der Waals surface area contributed by atoms with E-state index in [1.54, 1.807) is 18.4 Å². The highest BCUT2D eigenvalue weighted by atomic mass is 32.1. The number of fused-ring (bicyclic) bond motifs is 2. The van der Waals surface area contributed by atoms with E-state index in [-0.39, 0.29) is 5.91 Å². The number of para-hydroxylation sites is 1. The van der Waals surface area contributed by atoms with Crippen molar-refractivity contribution in [2.24, 2.45) is 7.05 Å². The maximum Gasteiger partial charge on any atom is 0.271 e. The van der Waals surface area contributed by atoms with E-state index in [1.807, 2.05) is 17.8 Å². The molecule has 0 spiro atoms. The van der Waals surface area contributed by atoms with Crippen LogP contribution in [-0.2, 0) is 26.4 Å². The first-order chi connectivity index (χ1) is 12.6. The molecular weight excluding hydrogens is 346 g/mol. The minimum absolute atomic E-state index is 0.101. The van der Waals surface area contributed by atoms with Gasteiger partial charge in [-0.1, -0.05) is 12.1 Å². The lowest BCUT2D eigenvalue weighted by atomic mass is 9.90. The highest BCUT2D eigenvalue weighted by molar-refractivity contribution is 7.18. The Balaban J connectivity index is 1.53. The van der Waals surface area contributed by atoms with E-state index in [0.29, 0.717) is 11.7 Å². The van der Waals surface area contributed by atoms with Gasteiger partial charge in [-0.2, -0.15) is 5.10 Å². The van der Waals surface area contributed by atoms with Crippen LogP contribution >= 0.6 is 11.3 Å². The van der Waals surface area contributed by atoms with Crippen LogP contribution in [0.2, 0.25) is 0 Å². The molecule has 3 aromatic rings. The first kappa shape index (κ1) is 17.2. The van der Waals surface area contributed by atoms with Gasteiger partial charge in [0.2, 0.25) is 0 Å². The van der Waals surface area contributed by atoms with E-state index in [4.69, 9.17) is 4.98 Å². The average molecular weight is 369 g/mol. The number of aryl methyl sites for hydroxylation is 1. The summed E-state index contributed by atoms with van der Waals surface area (Å²) >= 11 is 1.76. The fourth-order valence-electron chi connectivity index (χ4n) is 3.78. The van der Waals surface area contributed by atoms with Gasteiger partial charge in [-0.05, 0) is 38.4 Å². The zero-order chi connectivity index (χ0) is 18.3. The second-order valence-electron chi connectivity index (χ2n) is 6.86. The number of hydrogen-bond acceptors (Lipinski definition) is 5. The fraction of sp³-hybridized carbons (Fsp3) is 0.421. The Morgan fingerprint density at radius 3 is 3.00 bits per heavy atom. The maximum absolute atomic E-state index is 12.2. The summed E-state index contributed by atoms with van der Waals surface area (Å²) in [6.07, 6.45) is 2.87. The Morgan fingerprint density at radius 1 is 1.42 bits per heavy atom. The SMILES string of the molecule is CNC(=O)c1nn(C)c2c1CC(N(C)Cc1nc3ccccc3s1)CC2. The summed E-state index contributed by atoms with van der Waals surface area (Å²) in [7, 11) is 5.73. The molecule has 0 saturated carbocycles.